The second-order valence-corrected chi connectivity index (χ2v) is 4.40. The van der Waals surface area contributed by atoms with Gasteiger partial charge >= 0.3 is 11.9 Å². The number of likely N-dealkylation sites (N-methyl/N-ethyl adjacent to an activating group) is 1. The molecule has 0 aromatic heterocycles. The van der Waals surface area contributed by atoms with E-state index in [0.29, 0.717) is 5.57 Å². The molecule has 0 saturated heterocycles. The molecule has 0 bridgehead atoms. The minimum absolute atomic E-state index is 0.000417. The molecule has 0 aliphatic heterocycles. The summed E-state index contributed by atoms with van der Waals surface area (Å²) in [5, 5.41) is 0. The first-order valence-corrected chi connectivity index (χ1v) is 6.15. The van der Waals surface area contributed by atoms with Gasteiger partial charge in [-0.2, -0.15) is 0 Å². The predicted octanol–water partition coefficient (Wildman–Crippen LogP) is 1.07. The summed E-state index contributed by atoms with van der Waals surface area (Å²) in [6.07, 6.45) is 0.0734. The van der Waals surface area contributed by atoms with Crippen LogP contribution < -0.4 is 0 Å². The maximum absolute atomic E-state index is 11.7. The summed E-state index contributed by atoms with van der Waals surface area (Å²) in [6, 6.07) is 0. The Morgan fingerprint density at radius 1 is 0.950 bits per heavy atom. The largest absolute Gasteiger partial charge is 0.462 e. The summed E-state index contributed by atoms with van der Waals surface area (Å²) in [6.45, 7) is 10.3. The molecule has 0 spiro atoms. The fourth-order valence-corrected chi connectivity index (χ4v) is 1.07. The van der Waals surface area contributed by atoms with Crippen molar-refractivity contribution in [2.75, 3.05) is 26.8 Å². The van der Waals surface area contributed by atoms with Crippen molar-refractivity contribution < 1.29 is 23.9 Å². The van der Waals surface area contributed by atoms with Crippen LogP contribution in [0.15, 0.2) is 24.3 Å². The first-order chi connectivity index (χ1) is 9.25. The number of carbonyl (C=O) groups is 3. The van der Waals surface area contributed by atoms with Crippen molar-refractivity contribution in [1.82, 2.24) is 4.90 Å². The van der Waals surface area contributed by atoms with Crippen LogP contribution in [0.3, 0.4) is 0 Å². The van der Waals surface area contributed by atoms with E-state index in [2.05, 4.69) is 13.2 Å². The summed E-state index contributed by atoms with van der Waals surface area (Å²) in [5.41, 5.74) is 0.600. The second kappa shape index (κ2) is 8.90. The topological polar surface area (TPSA) is 72.9 Å². The minimum atomic E-state index is -0.518. The van der Waals surface area contributed by atoms with E-state index in [9.17, 15) is 14.4 Å². The molecule has 0 heterocycles. The molecule has 0 saturated carbocycles. The summed E-state index contributed by atoms with van der Waals surface area (Å²) >= 11 is 0. The van der Waals surface area contributed by atoms with Gasteiger partial charge < -0.3 is 14.4 Å². The summed E-state index contributed by atoms with van der Waals surface area (Å²) in [7, 11) is 1.58. The number of ether oxygens (including phenoxy) is 2. The number of hydrogen-bond acceptors (Lipinski definition) is 5. The molecule has 0 unspecified atom stereocenters. The molecular formula is C14H21NO5. The maximum atomic E-state index is 11.7. The minimum Gasteiger partial charge on any atom is -0.462 e. The molecular weight excluding hydrogens is 262 g/mol. The van der Waals surface area contributed by atoms with Gasteiger partial charge in [0.2, 0.25) is 5.91 Å². The van der Waals surface area contributed by atoms with Crippen molar-refractivity contribution >= 4 is 17.8 Å². The van der Waals surface area contributed by atoms with Crippen molar-refractivity contribution in [3.63, 3.8) is 0 Å². The number of nitrogens with zero attached hydrogens (tertiary/aromatic N) is 1. The molecule has 0 aromatic rings. The number of amides is 1. The molecule has 1 amide bonds. The fraction of sp³-hybridized carbons (Fsp3) is 0.500. The van der Waals surface area contributed by atoms with Crippen molar-refractivity contribution in [3.8, 4) is 0 Å². The van der Waals surface area contributed by atoms with E-state index >= 15 is 0 Å². The third kappa shape index (κ3) is 7.35. The Labute approximate surface area is 119 Å². The summed E-state index contributed by atoms with van der Waals surface area (Å²) in [4.78, 5) is 35.3. The van der Waals surface area contributed by atoms with E-state index in [0.717, 1.165) is 0 Å². The molecule has 0 aliphatic rings. The van der Waals surface area contributed by atoms with Crippen LogP contribution in [0.4, 0.5) is 0 Å². The van der Waals surface area contributed by atoms with Gasteiger partial charge in [-0.25, -0.2) is 9.59 Å². The van der Waals surface area contributed by atoms with Crippen molar-refractivity contribution in [3.05, 3.63) is 24.3 Å². The van der Waals surface area contributed by atoms with Gasteiger partial charge in [-0.05, 0) is 13.8 Å². The molecule has 112 valence electrons. The summed E-state index contributed by atoms with van der Waals surface area (Å²) < 4.78 is 9.68. The Morgan fingerprint density at radius 2 is 1.40 bits per heavy atom. The Kier molecular flexibility index (Phi) is 7.96. The molecule has 0 rings (SSSR count). The second-order valence-electron chi connectivity index (χ2n) is 4.40. The zero-order valence-electron chi connectivity index (χ0n) is 12.2. The quantitative estimate of drug-likeness (QED) is 0.492. The van der Waals surface area contributed by atoms with Crippen LogP contribution in [0.5, 0.6) is 0 Å². The molecule has 0 fully saturated rings. The average Bonchev–Trinajstić information content (AvgIpc) is 2.37. The van der Waals surface area contributed by atoms with Gasteiger partial charge in [-0.15, -0.1) is 0 Å². The smallest absolute Gasteiger partial charge is 0.333 e. The van der Waals surface area contributed by atoms with Crippen LogP contribution in [-0.2, 0) is 23.9 Å². The highest BCUT2D eigenvalue weighted by molar-refractivity contribution is 5.87. The lowest BCUT2D eigenvalue weighted by Crippen LogP contribution is -2.31. The SMILES string of the molecule is C=C(C)C(=O)OCCC(=O)N(C)CCOC(=O)C(=C)C. The molecule has 0 N–H and O–H groups in total. The van der Waals surface area contributed by atoms with Gasteiger partial charge in [0.05, 0.1) is 13.0 Å². The highest BCUT2D eigenvalue weighted by Gasteiger charge is 2.11. The van der Waals surface area contributed by atoms with E-state index in [1.54, 1.807) is 14.0 Å². The number of rotatable bonds is 8. The van der Waals surface area contributed by atoms with Crippen LogP contribution in [0.2, 0.25) is 0 Å². The molecule has 6 heteroatoms. The summed E-state index contributed by atoms with van der Waals surface area (Å²) in [5.74, 6) is -1.21. The first kappa shape index (κ1) is 17.9. The molecule has 0 aromatic carbocycles. The van der Waals surface area contributed by atoms with E-state index in [-0.39, 0.29) is 37.7 Å². The van der Waals surface area contributed by atoms with Crippen molar-refractivity contribution in [1.29, 1.82) is 0 Å². The van der Waals surface area contributed by atoms with Gasteiger partial charge in [-0.3, -0.25) is 4.79 Å². The number of hydrogen-bond donors (Lipinski definition) is 0. The van der Waals surface area contributed by atoms with Crippen molar-refractivity contribution in [2.45, 2.75) is 20.3 Å². The highest BCUT2D eigenvalue weighted by Crippen LogP contribution is 1.97. The normalized spacial score (nSPS) is 9.55. The Morgan fingerprint density at radius 3 is 1.85 bits per heavy atom. The van der Waals surface area contributed by atoms with Gasteiger partial charge in [-0.1, -0.05) is 13.2 Å². The van der Waals surface area contributed by atoms with E-state index < -0.39 is 11.9 Å². The van der Waals surface area contributed by atoms with Gasteiger partial charge in [0.15, 0.2) is 0 Å². The van der Waals surface area contributed by atoms with E-state index in [4.69, 9.17) is 9.47 Å². The van der Waals surface area contributed by atoms with Crippen LogP contribution in [0, 0.1) is 0 Å². The third-order valence-corrected chi connectivity index (χ3v) is 2.33. The molecule has 6 nitrogen and oxygen atoms in total. The lowest BCUT2D eigenvalue weighted by atomic mass is 10.3. The highest BCUT2D eigenvalue weighted by atomic mass is 16.5. The van der Waals surface area contributed by atoms with E-state index in [1.807, 2.05) is 0 Å². The monoisotopic (exact) mass is 283 g/mol. The zero-order chi connectivity index (χ0) is 15.7. The lowest BCUT2D eigenvalue weighted by molar-refractivity contribution is -0.143. The Balaban J connectivity index is 3.87. The lowest BCUT2D eigenvalue weighted by Gasteiger charge is -2.17. The molecule has 20 heavy (non-hydrogen) atoms. The molecule has 0 atom stereocenters. The van der Waals surface area contributed by atoms with E-state index in [1.165, 1.54) is 11.8 Å². The first-order valence-electron chi connectivity index (χ1n) is 6.15. The average molecular weight is 283 g/mol. The molecule has 0 radical (unpaired) electrons. The number of esters is 2. The fourth-order valence-electron chi connectivity index (χ4n) is 1.07. The predicted molar refractivity (Wildman–Crippen MR) is 73.8 cm³/mol. The Hall–Kier alpha value is -2.11. The van der Waals surface area contributed by atoms with Gasteiger partial charge in [0.25, 0.3) is 0 Å². The standard InChI is InChI=1S/C14H21NO5/c1-10(2)13(17)19-8-6-12(16)15(5)7-9-20-14(18)11(3)4/h1,3,6-9H2,2,4-5H3. The molecule has 0 aliphatic carbocycles. The van der Waals surface area contributed by atoms with Gasteiger partial charge in [0.1, 0.15) is 13.2 Å². The van der Waals surface area contributed by atoms with Gasteiger partial charge in [0, 0.05) is 18.2 Å². The third-order valence-electron chi connectivity index (χ3n) is 2.33. The van der Waals surface area contributed by atoms with Crippen LogP contribution in [-0.4, -0.2) is 49.6 Å². The van der Waals surface area contributed by atoms with Crippen LogP contribution in [0.25, 0.3) is 0 Å². The van der Waals surface area contributed by atoms with Crippen LogP contribution >= 0.6 is 0 Å². The number of carbonyl (C=O) groups excluding carboxylic acids is 3. The Bertz CT molecular complexity index is 414. The maximum Gasteiger partial charge on any atom is 0.333 e. The van der Waals surface area contributed by atoms with Crippen molar-refractivity contribution in [2.24, 2.45) is 0 Å². The zero-order valence-corrected chi connectivity index (χ0v) is 12.2. The van der Waals surface area contributed by atoms with Crippen LogP contribution in [0.1, 0.15) is 20.3 Å².